The topological polar surface area (TPSA) is 84.5 Å². The zero-order chi connectivity index (χ0) is 15.3. The zero-order valence-corrected chi connectivity index (χ0v) is 12.8. The molecular formula is C13H14N2O4S2. The molecule has 21 heavy (non-hydrogen) atoms. The molecule has 112 valence electrons. The first kappa shape index (κ1) is 15.5. The fourth-order valence-corrected chi connectivity index (χ4v) is 3.61. The van der Waals surface area contributed by atoms with Crippen LogP contribution in [0.5, 0.6) is 5.75 Å². The minimum absolute atomic E-state index is 0.174. The number of benzene rings is 1. The van der Waals surface area contributed by atoms with Gasteiger partial charge in [0.2, 0.25) is 5.91 Å². The van der Waals surface area contributed by atoms with Crippen LogP contribution in [0.3, 0.4) is 0 Å². The molecule has 1 aromatic heterocycles. The van der Waals surface area contributed by atoms with Gasteiger partial charge in [0.05, 0.1) is 19.3 Å². The average Bonchev–Trinajstić information content (AvgIpc) is 3.01. The highest BCUT2D eigenvalue weighted by atomic mass is 32.2. The maximum absolute atomic E-state index is 11.9. The van der Waals surface area contributed by atoms with Crippen molar-refractivity contribution in [3.8, 4) is 5.75 Å². The summed E-state index contributed by atoms with van der Waals surface area (Å²) in [6.45, 7) is -0.349. The Balaban J connectivity index is 1.97. The van der Waals surface area contributed by atoms with Crippen molar-refractivity contribution < 1.29 is 17.9 Å². The molecule has 2 N–H and O–H groups in total. The average molecular weight is 326 g/mol. The van der Waals surface area contributed by atoms with Gasteiger partial charge in [-0.25, -0.2) is 13.1 Å². The highest BCUT2D eigenvalue weighted by molar-refractivity contribution is 7.91. The van der Waals surface area contributed by atoms with Crippen molar-refractivity contribution in [2.75, 3.05) is 19.0 Å². The molecule has 0 spiro atoms. The minimum Gasteiger partial charge on any atom is -0.495 e. The first-order valence-electron chi connectivity index (χ1n) is 5.99. The Labute approximate surface area is 126 Å². The van der Waals surface area contributed by atoms with Crippen molar-refractivity contribution in [2.45, 2.75) is 4.21 Å². The van der Waals surface area contributed by atoms with Crippen LogP contribution in [0.15, 0.2) is 46.0 Å². The molecule has 8 heteroatoms. The monoisotopic (exact) mass is 326 g/mol. The number of sulfonamides is 1. The number of amides is 1. The van der Waals surface area contributed by atoms with Crippen molar-refractivity contribution in [3.63, 3.8) is 0 Å². The van der Waals surface area contributed by atoms with Crippen LogP contribution >= 0.6 is 11.3 Å². The maximum atomic E-state index is 11.9. The van der Waals surface area contributed by atoms with Gasteiger partial charge in [-0.05, 0) is 23.6 Å². The second-order valence-electron chi connectivity index (χ2n) is 4.01. The van der Waals surface area contributed by atoms with Crippen LogP contribution in [-0.4, -0.2) is 28.0 Å². The van der Waals surface area contributed by atoms with E-state index < -0.39 is 15.9 Å². The summed E-state index contributed by atoms with van der Waals surface area (Å²) in [5.74, 6) is 0.0339. The van der Waals surface area contributed by atoms with E-state index in [1.54, 1.807) is 35.7 Å². The lowest BCUT2D eigenvalue weighted by Crippen LogP contribution is -2.32. The van der Waals surface area contributed by atoms with E-state index in [2.05, 4.69) is 10.0 Å². The summed E-state index contributed by atoms with van der Waals surface area (Å²) in [5.41, 5.74) is 0.486. The number of ether oxygens (including phenoxy) is 1. The van der Waals surface area contributed by atoms with Gasteiger partial charge in [0.15, 0.2) is 0 Å². The third kappa shape index (κ3) is 4.03. The molecule has 1 aromatic carbocycles. The molecule has 6 nitrogen and oxygen atoms in total. The van der Waals surface area contributed by atoms with Gasteiger partial charge in [-0.3, -0.25) is 4.79 Å². The molecule has 1 heterocycles. The van der Waals surface area contributed by atoms with Crippen molar-refractivity contribution in [3.05, 3.63) is 41.8 Å². The van der Waals surface area contributed by atoms with Gasteiger partial charge in [-0.15, -0.1) is 11.3 Å². The lowest BCUT2D eigenvalue weighted by molar-refractivity contribution is -0.115. The number of methoxy groups -OCH3 is 1. The van der Waals surface area contributed by atoms with Gasteiger partial charge in [-0.2, -0.15) is 0 Å². The van der Waals surface area contributed by atoms with Crippen LogP contribution in [0.1, 0.15) is 0 Å². The number of para-hydroxylation sites is 2. The molecular weight excluding hydrogens is 312 g/mol. The lowest BCUT2D eigenvalue weighted by atomic mass is 10.3. The normalized spacial score (nSPS) is 11.1. The van der Waals surface area contributed by atoms with Crippen LogP contribution in [0.25, 0.3) is 0 Å². The summed E-state index contributed by atoms with van der Waals surface area (Å²) in [4.78, 5) is 11.8. The largest absolute Gasteiger partial charge is 0.495 e. The van der Waals surface area contributed by atoms with Gasteiger partial charge < -0.3 is 10.1 Å². The van der Waals surface area contributed by atoms with Gasteiger partial charge in [0.25, 0.3) is 10.0 Å². The fourth-order valence-electron chi connectivity index (χ4n) is 1.59. The third-order valence-electron chi connectivity index (χ3n) is 2.56. The molecule has 2 rings (SSSR count). The van der Waals surface area contributed by atoms with E-state index >= 15 is 0 Å². The molecule has 0 unspecified atom stereocenters. The van der Waals surface area contributed by atoms with Crippen molar-refractivity contribution in [1.82, 2.24) is 4.72 Å². The second kappa shape index (κ2) is 6.70. The van der Waals surface area contributed by atoms with Crippen LogP contribution in [0.2, 0.25) is 0 Å². The first-order valence-corrected chi connectivity index (χ1v) is 8.35. The fraction of sp³-hybridized carbons (Fsp3) is 0.154. The molecule has 0 bridgehead atoms. The first-order chi connectivity index (χ1) is 10.0. The highest BCUT2D eigenvalue weighted by Crippen LogP contribution is 2.22. The summed E-state index contributed by atoms with van der Waals surface area (Å²) >= 11 is 1.09. The summed E-state index contributed by atoms with van der Waals surface area (Å²) in [6, 6.07) is 10.00. The molecule has 1 amide bonds. The quantitative estimate of drug-likeness (QED) is 0.846. The summed E-state index contributed by atoms with van der Waals surface area (Å²) < 4.78 is 31.3. The number of hydrogen-bond acceptors (Lipinski definition) is 5. The van der Waals surface area contributed by atoms with Crippen LogP contribution in [-0.2, 0) is 14.8 Å². The molecule has 0 aliphatic heterocycles. The van der Waals surface area contributed by atoms with Crippen LogP contribution in [0, 0.1) is 0 Å². The Morgan fingerprint density at radius 3 is 2.67 bits per heavy atom. The van der Waals surface area contributed by atoms with Gasteiger partial charge in [0, 0.05) is 0 Å². The van der Waals surface area contributed by atoms with Crippen molar-refractivity contribution in [2.24, 2.45) is 0 Å². The zero-order valence-electron chi connectivity index (χ0n) is 11.2. The molecule has 0 saturated heterocycles. The van der Waals surface area contributed by atoms with Gasteiger partial charge in [-0.1, -0.05) is 18.2 Å². The van der Waals surface area contributed by atoms with E-state index in [0.29, 0.717) is 11.4 Å². The van der Waals surface area contributed by atoms with Gasteiger partial charge >= 0.3 is 0 Å². The number of nitrogens with one attached hydrogen (secondary N) is 2. The highest BCUT2D eigenvalue weighted by Gasteiger charge is 2.16. The van der Waals surface area contributed by atoms with E-state index in [-0.39, 0.29) is 10.8 Å². The van der Waals surface area contributed by atoms with E-state index in [4.69, 9.17) is 4.74 Å². The standard InChI is InChI=1S/C13H14N2O4S2/c1-19-11-6-3-2-5-10(11)15-12(16)9-14-21(17,18)13-7-4-8-20-13/h2-8,14H,9H2,1H3,(H,15,16). The number of carbonyl (C=O) groups is 1. The predicted octanol–water partition coefficient (Wildman–Crippen LogP) is 1.67. The van der Waals surface area contributed by atoms with E-state index in [0.717, 1.165) is 11.3 Å². The Kier molecular flexibility index (Phi) is 4.94. The molecule has 2 aromatic rings. The van der Waals surface area contributed by atoms with Crippen molar-refractivity contribution in [1.29, 1.82) is 0 Å². The van der Waals surface area contributed by atoms with E-state index in [1.807, 2.05) is 0 Å². The molecule has 0 fully saturated rings. The Morgan fingerprint density at radius 1 is 1.24 bits per heavy atom. The van der Waals surface area contributed by atoms with E-state index in [9.17, 15) is 13.2 Å². The Morgan fingerprint density at radius 2 is 2.00 bits per heavy atom. The third-order valence-corrected chi connectivity index (χ3v) is 5.36. The van der Waals surface area contributed by atoms with Gasteiger partial charge in [0.1, 0.15) is 9.96 Å². The molecule has 0 aliphatic rings. The smallest absolute Gasteiger partial charge is 0.250 e. The molecule has 0 atom stereocenters. The lowest BCUT2D eigenvalue weighted by Gasteiger charge is -2.10. The molecule has 0 radical (unpaired) electrons. The Bertz CT molecular complexity index is 712. The number of hydrogen-bond donors (Lipinski definition) is 2. The molecule has 0 saturated carbocycles. The van der Waals surface area contributed by atoms with E-state index in [1.165, 1.54) is 13.2 Å². The number of anilines is 1. The number of thiophene rings is 1. The molecule has 0 aliphatic carbocycles. The van der Waals surface area contributed by atoms with Crippen molar-refractivity contribution >= 4 is 33.0 Å². The summed E-state index contributed by atoms with van der Waals surface area (Å²) in [6.07, 6.45) is 0. The second-order valence-corrected chi connectivity index (χ2v) is 6.95. The van der Waals surface area contributed by atoms with Crippen LogP contribution in [0.4, 0.5) is 5.69 Å². The number of rotatable bonds is 6. The number of carbonyl (C=O) groups excluding carboxylic acids is 1. The SMILES string of the molecule is COc1ccccc1NC(=O)CNS(=O)(=O)c1cccs1. The predicted molar refractivity (Wildman–Crippen MR) is 81.1 cm³/mol. The minimum atomic E-state index is -3.64. The summed E-state index contributed by atoms with van der Waals surface area (Å²) in [5, 5.41) is 4.25. The maximum Gasteiger partial charge on any atom is 0.250 e. The Hall–Kier alpha value is -1.90. The van der Waals surface area contributed by atoms with Crippen LogP contribution < -0.4 is 14.8 Å². The summed E-state index contributed by atoms with van der Waals surface area (Å²) in [7, 11) is -2.15.